The molecule has 1 aromatic carbocycles. The lowest BCUT2D eigenvalue weighted by atomic mass is 10.1. The molecule has 0 unspecified atom stereocenters. The lowest BCUT2D eigenvalue weighted by molar-refractivity contribution is 0.553. The molecule has 0 aromatic heterocycles. The maximum Gasteiger partial charge on any atom is 0.275 e. The molecule has 0 spiro atoms. The fourth-order valence-electron chi connectivity index (χ4n) is 1.60. The Balaban J connectivity index is 2.27. The predicted molar refractivity (Wildman–Crippen MR) is 53.6 cm³/mol. The molecule has 0 aliphatic heterocycles. The Kier molecular flexibility index (Phi) is 2.10. The van der Waals surface area contributed by atoms with Crippen LogP contribution in [0.5, 0.6) is 0 Å². The molecule has 14 heavy (non-hydrogen) atoms. The second kappa shape index (κ2) is 3.05. The summed E-state index contributed by atoms with van der Waals surface area (Å²) in [6.07, 6.45) is 1.63. The van der Waals surface area contributed by atoms with Gasteiger partial charge in [-0.3, -0.25) is 0 Å². The van der Waals surface area contributed by atoms with Crippen LogP contribution >= 0.6 is 0 Å². The summed E-state index contributed by atoms with van der Waals surface area (Å²) in [5, 5.41) is 4.96. The van der Waals surface area contributed by atoms with Gasteiger partial charge < -0.3 is 0 Å². The minimum Gasteiger partial charge on any atom is -0.216 e. The average Bonchev–Trinajstić information content (AvgIpc) is 2.85. The van der Waals surface area contributed by atoms with Crippen molar-refractivity contribution >= 4 is 10.2 Å². The molecule has 0 atom stereocenters. The number of hydrogen-bond acceptors (Lipinski definition) is 2. The zero-order chi connectivity index (χ0) is 10.2. The molecule has 1 aromatic rings. The lowest BCUT2D eigenvalue weighted by Crippen LogP contribution is -2.39. The first-order valence-corrected chi connectivity index (χ1v) is 5.94. The van der Waals surface area contributed by atoms with E-state index in [1.54, 1.807) is 0 Å². The molecule has 76 valence electrons. The highest BCUT2D eigenvalue weighted by molar-refractivity contribution is 7.87. The van der Waals surface area contributed by atoms with Gasteiger partial charge in [-0.15, -0.1) is 0 Å². The van der Waals surface area contributed by atoms with Crippen molar-refractivity contribution in [2.45, 2.75) is 18.4 Å². The van der Waals surface area contributed by atoms with Gasteiger partial charge in [-0.2, -0.15) is 13.1 Å². The second-order valence-electron chi connectivity index (χ2n) is 3.60. The third-order valence-electron chi connectivity index (χ3n) is 2.41. The topological polar surface area (TPSA) is 72.2 Å². The highest BCUT2D eigenvalue weighted by Gasteiger charge is 2.46. The number of rotatable bonds is 3. The fourth-order valence-corrected chi connectivity index (χ4v) is 2.47. The third kappa shape index (κ3) is 1.95. The van der Waals surface area contributed by atoms with E-state index in [0.29, 0.717) is 0 Å². The van der Waals surface area contributed by atoms with Crippen molar-refractivity contribution in [3.8, 4) is 0 Å². The minimum atomic E-state index is -3.62. The van der Waals surface area contributed by atoms with Gasteiger partial charge in [-0.25, -0.2) is 5.14 Å². The van der Waals surface area contributed by atoms with Crippen LogP contribution < -0.4 is 9.86 Å². The van der Waals surface area contributed by atoms with Crippen molar-refractivity contribution in [1.82, 2.24) is 4.72 Å². The van der Waals surface area contributed by atoms with Crippen LogP contribution in [-0.4, -0.2) is 8.42 Å². The summed E-state index contributed by atoms with van der Waals surface area (Å²) in [6, 6.07) is 9.49. The Morgan fingerprint density at radius 2 is 1.79 bits per heavy atom. The zero-order valence-electron chi connectivity index (χ0n) is 7.60. The van der Waals surface area contributed by atoms with Crippen LogP contribution in [0.15, 0.2) is 30.3 Å². The van der Waals surface area contributed by atoms with Crippen molar-refractivity contribution in [3.63, 3.8) is 0 Å². The first-order chi connectivity index (χ1) is 6.52. The highest BCUT2D eigenvalue weighted by Crippen LogP contribution is 2.45. The first-order valence-electron chi connectivity index (χ1n) is 4.39. The summed E-state index contributed by atoms with van der Waals surface area (Å²) in [6.45, 7) is 0. The van der Waals surface area contributed by atoms with E-state index in [9.17, 15) is 8.42 Å². The second-order valence-corrected chi connectivity index (χ2v) is 4.89. The third-order valence-corrected chi connectivity index (χ3v) is 3.09. The van der Waals surface area contributed by atoms with Crippen molar-refractivity contribution in [3.05, 3.63) is 35.9 Å². The van der Waals surface area contributed by atoms with Crippen molar-refractivity contribution in [2.75, 3.05) is 0 Å². The standard InChI is InChI=1S/C9H12N2O2S/c10-14(12,13)11-9(6-7-9)8-4-2-1-3-5-8/h1-5,11H,6-7H2,(H2,10,12,13). The smallest absolute Gasteiger partial charge is 0.216 e. The quantitative estimate of drug-likeness (QED) is 0.764. The fraction of sp³-hybridized carbons (Fsp3) is 0.333. The molecular formula is C9H12N2O2S. The molecule has 0 heterocycles. The number of nitrogens with one attached hydrogen (secondary N) is 1. The van der Waals surface area contributed by atoms with Crippen LogP contribution in [0.3, 0.4) is 0 Å². The van der Waals surface area contributed by atoms with Crippen LogP contribution in [0, 0.1) is 0 Å². The van der Waals surface area contributed by atoms with Gasteiger partial charge in [0.25, 0.3) is 10.2 Å². The van der Waals surface area contributed by atoms with Gasteiger partial charge in [0, 0.05) is 0 Å². The molecule has 4 nitrogen and oxygen atoms in total. The van der Waals surface area contributed by atoms with E-state index in [4.69, 9.17) is 5.14 Å². The summed E-state index contributed by atoms with van der Waals surface area (Å²) in [5.41, 5.74) is 0.545. The maximum atomic E-state index is 10.9. The monoisotopic (exact) mass is 212 g/mol. The molecule has 3 N–H and O–H groups in total. The Labute approximate surface area is 83.3 Å². The van der Waals surface area contributed by atoms with E-state index in [0.717, 1.165) is 18.4 Å². The van der Waals surface area contributed by atoms with E-state index < -0.39 is 15.7 Å². The normalized spacial score (nSPS) is 19.2. The summed E-state index contributed by atoms with van der Waals surface area (Å²) in [4.78, 5) is 0. The van der Waals surface area contributed by atoms with E-state index >= 15 is 0 Å². The maximum absolute atomic E-state index is 10.9. The zero-order valence-corrected chi connectivity index (χ0v) is 8.42. The molecule has 0 radical (unpaired) electrons. The van der Waals surface area contributed by atoms with Gasteiger partial charge in [0.2, 0.25) is 0 Å². The van der Waals surface area contributed by atoms with E-state index in [1.807, 2.05) is 30.3 Å². The van der Waals surface area contributed by atoms with E-state index in [1.165, 1.54) is 0 Å². The van der Waals surface area contributed by atoms with Crippen LogP contribution in [0.4, 0.5) is 0 Å². The average molecular weight is 212 g/mol. The Morgan fingerprint density at radius 1 is 1.21 bits per heavy atom. The molecule has 1 aliphatic rings. The van der Waals surface area contributed by atoms with Gasteiger partial charge >= 0.3 is 0 Å². The molecular weight excluding hydrogens is 200 g/mol. The first kappa shape index (κ1) is 9.64. The molecule has 1 fully saturated rings. The van der Waals surface area contributed by atoms with E-state index in [2.05, 4.69) is 4.72 Å². The number of benzene rings is 1. The summed E-state index contributed by atoms with van der Waals surface area (Å²) in [5.74, 6) is 0. The number of nitrogens with two attached hydrogens (primary N) is 1. The van der Waals surface area contributed by atoms with Gasteiger partial charge in [0.1, 0.15) is 0 Å². The summed E-state index contributed by atoms with van der Waals surface area (Å²) >= 11 is 0. The molecule has 1 aliphatic carbocycles. The molecule has 0 bridgehead atoms. The largest absolute Gasteiger partial charge is 0.275 e. The SMILES string of the molecule is NS(=O)(=O)NC1(c2ccccc2)CC1. The van der Waals surface area contributed by atoms with E-state index in [-0.39, 0.29) is 0 Å². The molecule has 0 amide bonds. The van der Waals surface area contributed by atoms with Crippen LogP contribution in [-0.2, 0) is 15.7 Å². The Hall–Kier alpha value is -0.910. The Bertz CT molecular complexity index is 423. The van der Waals surface area contributed by atoms with Crippen molar-refractivity contribution in [1.29, 1.82) is 0 Å². The van der Waals surface area contributed by atoms with Crippen molar-refractivity contribution in [2.24, 2.45) is 5.14 Å². The van der Waals surface area contributed by atoms with Crippen LogP contribution in [0.2, 0.25) is 0 Å². The Morgan fingerprint density at radius 3 is 2.21 bits per heavy atom. The van der Waals surface area contributed by atoms with Crippen molar-refractivity contribution < 1.29 is 8.42 Å². The number of hydrogen-bond donors (Lipinski definition) is 2. The summed E-state index contributed by atoms with van der Waals surface area (Å²) < 4.78 is 24.3. The van der Waals surface area contributed by atoms with Gasteiger partial charge in [-0.1, -0.05) is 30.3 Å². The molecule has 0 saturated heterocycles. The molecule has 5 heteroatoms. The highest BCUT2D eigenvalue weighted by atomic mass is 32.2. The van der Waals surface area contributed by atoms with Gasteiger partial charge in [0.15, 0.2) is 0 Å². The lowest BCUT2D eigenvalue weighted by Gasteiger charge is -2.15. The summed E-state index contributed by atoms with van der Waals surface area (Å²) in [7, 11) is -3.62. The minimum absolute atomic E-state index is 0.436. The molecule has 2 rings (SSSR count). The van der Waals surface area contributed by atoms with Gasteiger partial charge in [0.05, 0.1) is 5.54 Å². The predicted octanol–water partition coefficient (Wildman–Crippen LogP) is 0.469. The van der Waals surface area contributed by atoms with Gasteiger partial charge in [-0.05, 0) is 18.4 Å². The molecule has 1 saturated carbocycles. The van der Waals surface area contributed by atoms with Crippen LogP contribution in [0.1, 0.15) is 18.4 Å². The van der Waals surface area contributed by atoms with Crippen LogP contribution in [0.25, 0.3) is 0 Å².